The minimum Gasteiger partial charge on any atom is -0.444 e. The van der Waals surface area contributed by atoms with Gasteiger partial charge in [-0.05, 0) is 120 Å². The molecule has 2 atom stereocenters. The topological polar surface area (TPSA) is 114 Å². The van der Waals surface area contributed by atoms with Gasteiger partial charge in [0.15, 0.2) is 0 Å². The van der Waals surface area contributed by atoms with Gasteiger partial charge in [0.2, 0.25) is 5.91 Å². The highest BCUT2D eigenvalue weighted by Gasteiger charge is 2.48. The van der Waals surface area contributed by atoms with E-state index in [1.54, 1.807) is 16.9 Å². The fourth-order valence-electron chi connectivity index (χ4n) is 5.86. The summed E-state index contributed by atoms with van der Waals surface area (Å²) < 4.78 is 7.11. The molecule has 0 saturated heterocycles. The Kier molecular flexibility index (Phi) is 7.44. The van der Waals surface area contributed by atoms with Gasteiger partial charge in [0.1, 0.15) is 17.3 Å². The second kappa shape index (κ2) is 10.7. The van der Waals surface area contributed by atoms with E-state index in [1.165, 1.54) is 0 Å². The molecule has 210 valence electrons. The molecule has 3 aliphatic rings. The average Bonchev–Trinajstić information content (AvgIpc) is 3.78. The highest BCUT2D eigenvalue weighted by atomic mass is 16.6. The van der Waals surface area contributed by atoms with E-state index >= 15 is 0 Å². The maximum Gasteiger partial charge on any atom is 0.408 e. The van der Waals surface area contributed by atoms with Crippen molar-refractivity contribution >= 4 is 23.6 Å². The Morgan fingerprint density at radius 3 is 2.33 bits per heavy atom. The molecule has 0 unspecified atom stereocenters. The second-order valence-electron chi connectivity index (χ2n) is 12.6. The largest absolute Gasteiger partial charge is 0.444 e. The molecule has 0 radical (unpaired) electrons. The minimum absolute atomic E-state index is 0.0377. The average molecular weight is 536 g/mol. The van der Waals surface area contributed by atoms with Gasteiger partial charge in [-0.3, -0.25) is 14.3 Å². The van der Waals surface area contributed by atoms with Crippen molar-refractivity contribution in [2.75, 3.05) is 5.32 Å². The first kappa shape index (κ1) is 27.2. The highest BCUT2D eigenvalue weighted by Crippen LogP contribution is 2.51. The third kappa shape index (κ3) is 6.45. The van der Waals surface area contributed by atoms with E-state index in [0.717, 1.165) is 49.7 Å². The van der Waals surface area contributed by atoms with Gasteiger partial charge in [-0.25, -0.2) is 4.79 Å². The molecule has 1 aromatic carbocycles. The highest BCUT2D eigenvalue weighted by molar-refractivity contribution is 6.01. The smallest absolute Gasteiger partial charge is 0.408 e. The lowest BCUT2D eigenvalue weighted by Gasteiger charge is -2.28. The fourth-order valence-corrected chi connectivity index (χ4v) is 5.86. The van der Waals surface area contributed by atoms with E-state index in [9.17, 15) is 14.4 Å². The Labute approximate surface area is 230 Å². The van der Waals surface area contributed by atoms with Gasteiger partial charge >= 0.3 is 6.09 Å². The zero-order valence-corrected chi connectivity index (χ0v) is 23.6. The van der Waals surface area contributed by atoms with Crippen LogP contribution in [0.2, 0.25) is 0 Å². The molecule has 3 amide bonds. The van der Waals surface area contributed by atoms with Crippen LogP contribution in [0.25, 0.3) is 0 Å². The summed E-state index contributed by atoms with van der Waals surface area (Å²) in [6.45, 7) is 9.49. The van der Waals surface area contributed by atoms with Crippen molar-refractivity contribution in [2.24, 2.45) is 17.8 Å². The summed E-state index contributed by atoms with van der Waals surface area (Å²) in [5, 5.41) is 13.5. The molecule has 0 aliphatic heterocycles. The van der Waals surface area contributed by atoms with Crippen LogP contribution in [0.1, 0.15) is 100 Å². The number of amides is 3. The van der Waals surface area contributed by atoms with Crippen LogP contribution in [-0.2, 0) is 16.0 Å². The zero-order chi connectivity index (χ0) is 27.9. The standard InChI is InChI=1S/C30H41N5O4/c1-17(2)35-24(14-15-31-35)27(36)34-26(25(18-6-7-18)19-8-9-19)28(37)32-21-11-12-22-20(16-21)10-13-23(22)33-29(38)39-30(3,4)5/h11-12,14-19,23,25-26H,6-10,13H2,1-5H3,(H,32,37)(H,33,38)(H,34,36)/t23-,26+/m1/s1. The van der Waals surface area contributed by atoms with E-state index in [1.807, 2.05) is 52.8 Å². The van der Waals surface area contributed by atoms with E-state index in [2.05, 4.69) is 21.0 Å². The number of ether oxygens (including phenoxy) is 1. The number of nitrogens with zero attached hydrogens (tertiary/aromatic N) is 2. The summed E-state index contributed by atoms with van der Waals surface area (Å²) in [5.41, 5.74) is 2.75. The van der Waals surface area contributed by atoms with Crippen LogP contribution in [0.5, 0.6) is 0 Å². The summed E-state index contributed by atoms with van der Waals surface area (Å²) in [6, 6.07) is 6.84. The van der Waals surface area contributed by atoms with Gasteiger partial charge in [-0.15, -0.1) is 0 Å². The first-order valence-electron chi connectivity index (χ1n) is 14.3. The molecular formula is C30H41N5O4. The lowest BCUT2D eigenvalue weighted by molar-refractivity contribution is -0.119. The number of benzene rings is 1. The van der Waals surface area contributed by atoms with E-state index < -0.39 is 17.7 Å². The summed E-state index contributed by atoms with van der Waals surface area (Å²) in [7, 11) is 0. The second-order valence-corrected chi connectivity index (χ2v) is 12.6. The molecular weight excluding hydrogens is 494 g/mol. The SMILES string of the molecule is CC(C)n1nccc1C(=O)N[C@H](C(=O)Nc1ccc2c(c1)CC[C@H]2NC(=O)OC(C)(C)C)C(C1CC1)C1CC1. The summed E-state index contributed by atoms with van der Waals surface area (Å²) in [5.74, 6) is 0.648. The van der Waals surface area contributed by atoms with Crippen LogP contribution < -0.4 is 16.0 Å². The minimum atomic E-state index is -0.608. The molecule has 0 bridgehead atoms. The van der Waals surface area contributed by atoms with Crippen molar-refractivity contribution in [1.29, 1.82) is 0 Å². The number of carbonyl (C=O) groups excluding carboxylic acids is 3. The van der Waals surface area contributed by atoms with E-state index in [0.29, 0.717) is 23.2 Å². The quantitative estimate of drug-likeness (QED) is 0.411. The molecule has 2 saturated carbocycles. The molecule has 2 aromatic rings. The number of alkyl carbamates (subject to hydrolysis) is 1. The number of fused-ring (bicyclic) bond motifs is 1. The first-order valence-corrected chi connectivity index (χ1v) is 14.3. The molecule has 39 heavy (non-hydrogen) atoms. The summed E-state index contributed by atoms with van der Waals surface area (Å²) in [6.07, 6.45) is 7.20. The number of rotatable bonds is 9. The van der Waals surface area contributed by atoms with Gasteiger partial charge in [0.05, 0.1) is 6.04 Å². The van der Waals surface area contributed by atoms with Crippen LogP contribution in [0.15, 0.2) is 30.5 Å². The van der Waals surface area contributed by atoms with Gasteiger partial charge in [0.25, 0.3) is 5.91 Å². The summed E-state index contributed by atoms with van der Waals surface area (Å²) >= 11 is 0. The number of hydrogen-bond donors (Lipinski definition) is 3. The van der Waals surface area contributed by atoms with E-state index in [4.69, 9.17) is 4.74 Å². The Hall–Kier alpha value is -3.36. The normalized spacial score (nSPS) is 19.5. The maximum atomic E-state index is 13.8. The lowest BCUT2D eigenvalue weighted by Crippen LogP contribution is -2.50. The third-order valence-corrected chi connectivity index (χ3v) is 7.86. The van der Waals surface area contributed by atoms with Crippen molar-refractivity contribution < 1.29 is 19.1 Å². The monoisotopic (exact) mass is 535 g/mol. The van der Waals surface area contributed by atoms with Gasteiger partial charge in [-0.1, -0.05) is 6.07 Å². The van der Waals surface area contributed by atoms with Crippen LogP contribution in [0.3, 0.4) is 0 Å². The molecule has 9 heteroatoms. The van der Waals surface area contributed by atoms with Crippen molar-refractivity contribution in [2.45, 2.75) is 96.9 Å². The van der Waals surface area contributed by atoms with Crippen molar-refractivity contribution in [3.05, 3.63) is 47.3 Å². The van der Waals surface area contributed by atoms with E-state index in [-0.39, 0.29) is 29.8 Å². The molecule has 3 aliphatic carbocycles. The van der Waals surface area contributed by atoms with Crippen molar-refractivity contribution in [1.82, 2.24) is 20.4 Å². The third-order valence-electron chi connectivity index (χ3n) is 7.86. The summed E-state index contributed by atoms with van der Waals surface area (Å²) in [4.78, 5) is 39.4. The number of hydrogen-bond acceptors (Lipinski definition) is 5. The predicted octanol–water partition coefficient (Wildman–Crippen LogP) is 5.15. The van der Waals surface area contributed by atoms with Gasteiger partial charge < -0.3 is 20.7 Å². The number of aromatic nitrogens is 2. The fraction of sp³-hybridized carbons (Fsp3) is 0.600. The Balaban J connectivity index is 1.30. The first-order chi connectivity index (χ1) is 18.5. The molecule has 3 N–H and O–H groups in total. The van der Waals surface area contributed by atoms with Crippen LogP contribution in [0, 0.1) is 17.8 Å². The van der Waals surface area contributed by atoms with Gasteiger partial charge in [0, 0.05) is 17.9 Å². The Morgan fingerprint density at radius 1 is 1.03 bits per heavy atom. The molecule has 5 rings (SSSR count). The number of aryl methyl sites for hydroxylation is 1. The van der Waals surface area contributed by atoms with Crippen molar-refractivity contribution in [3.8, 4) is 0 Å². The Morgan fingerprint density at radius 2 is 1.72 bits per heavy atom. The van der Waals surface area contributed by atoms with Crippen LogP contribution in [0.4, 0.5) is 10.5 Å². The van der Waals surface area contributed by atoms with Crippen LogP contribution in [-0.4, -0.2) is 39.3 Å². The number of anilines is 1. The number of carbonyl (C=O) groups is 3. The van der Waals surface area contributed by atoms with Crippen LogP contribution >= 0.6 is 0 Å². The number of nitrogens with one attached hydrogen (secondary N) is 3. The molecule has 1 heterocycles. The molecule has 2 fully saturated rings. The predicted molar refractivity (Wildman–Crippen MR) is 148 cm³/mol. The Bertz CT molecular complexity index is 1230. The maximum absolute atomic E-state index is 13.8. The molecule has 0 spiro atoms. The van der Waals surface area contributed by atoms with Crippen molar-refractivity contribution in [3.63, 3.8) is 0 Å². The molecule has 9 nitrogen and oxygen atoms in total. The lowest BCUT2D eigenvalue weighted by atomic mass is 9.88. The molecule has 1 aromatic heterocycles. The zero-order valence-electron chi connectivity index (χ0n) is 23.6. The van der Waals surface area contributed by atoms with Gasteiger partial charge in [-0.2, -0.15) is 5.10 Å².